The van der Waals surface area contributed by atoms with Crippen molar-refractivity contribution in [3.8, 4) is 0 Å². The van der Waals surface area contributed by atoms with Gasteiger partial charge in [-0.05, 0) is 6.42 Å². The van der Waals surface area contributed by atoms with E-state index in [1.54, 1.807) is 0 Å². The number of sulfonamides is 1. The highest BCUT2D eigenvalue weighted by Crippen LogP contribution is 2.03. The molecule has 1 atom stereocenters. The van der Waals surface area contributed by atoms with Crippen LogP contribution in [0.5, 0.6) is 0 Å². The molecule has 5 heteroatoms. The van der Waals surface area contributed by atoms with E-state index >= 15 is 0 Å². The van der Waals surface area contributed by atoms with E-state index in [9.17, 15) is 8.42 Å². The van der Waals surface area contributed by atoms with E-state index in [4.69, 9.17) is 4.74 Å². The molecule has 1 unspecified atom stereocenters. The molecule has 1 saturated heterocycles. The van der Waals surface area contributed by atoms with Crippen LogP contribution in [-0.2, 0) is 14.8 Å². The zero-order valence-corrected chi connectivity index (χ0v) is 9.36. The van der Waals surface area contributed by atoms with Gasteiger partial charge in [0.25, 0.3) is 0 Å². The summed E-state index contributed by atoms with van der Waals surface area (Å²) in [7, 11) is -3.04. The molecule has 1 fully saturated rings. The Morgan fingerprint density at radius 3 is 2.31 bits per heavy atom. The summed E-state index contributed by atoms with van der Waals surface area (Å²) >= 11 is 0. The molecule has 0 aromatic rings. The van der Waals surface area contributed by atoms with Crippen molar-refractivity contribution in [3.05, 3.63) is 0 Å². The summed E-state index contributed by atoms with van der Waals surface area (Å²) in [4.78, 5) is 0. The van der Waals surface area contributed by atoms with Crippen LogP contribution >= 0.6 is 0 Å². The average molecular weight is 209 g/mol. The molecule has 1 rings (SSSR count). The molecule has 0 saturated carbocycles. The Morgan fingerprint density at radius 2 is 2.00 bits per heavy atom. The van der Waals surface area contributed by atoms with Gasteiger partial charge in [-0.3, -0.25) is 0 Å². The predicted molar refractivity (Wildman–Crippen MR) is 53.2 cm³/mol. The first kappa shape index (κ1) is 12.9. The third-order valence-corrected chi connectivity index (χ3v) is 2.07. The maximum absolute atomic E-state index is 10.6. The van der Waals surface area contributed by atoms with Crippen LogP contribution in [0.15, 0.2) is 0 Å². The molecule has 1 aliphatic heterocycles. The molecule has 0 aromatic carbocycles. The molecule has 0 radical (unpaired) electrons. The summed E-state index contributed by atoms with van der Waals surface area (Å²) in [6.07, 6.45) is 3.19. The van der Waals surface area contributed by atoms with Crippen molar-refractivity contribution in [3.63, 3.8) is 0 Å². The van der Waals surface area contributed by atoms with Crippen molar-refractivity contribution in [2.24, 2.45) is 0 Å². The highest BCUT2D eigenvalue weighted by Gasteiger charge is 2.18. The van der Waals surface area contributed by atoms with Gasteiger partial charge in [0.1, 0.15) is 0 Å². The van der Waals surface area contributed by atoms with Crippen molar-refractivity contribution < 1.29 is 13.2 Å². The number of hydrogen-bond donors (Lipinski definition) is 1. The first-order chi connectivity index (χ1) is 5.99. The van der Waals surface area contributed by atoms with Gasteiger partial charge in [0.15, 0.2) is 0 Å². The van der Waals surface area contributed by atoms with Gasteiger partial charge < -0.3 is 4.74 Å². The Bertz CT molecular complexity index is 207. The van der Waals surface area contributed by atoms with Gasteiger partial charge in [0.2, 0.25) is 10.0 Å². The Hall–Kier alpha value is -0.130. The number of ether oxygens (including phenoxy) is 1. The molecule has 80 valence electrons. The van der Waals surface area contributed by atoms with E-state index in [-0.39, 0.29) is 6.04 Å². The lowest BCUT2D eigenvalue weighted by Gasteiger charge is -2.06. The number of rotatable bonds is 2. The van der Waals surface area contributed by atoms with Crippen LogP contribution in [0.4, 0.5) is 0 Å². The minimum Gasteiger partial charge on any atom is -0.380 e. The summed E-state index contributed by atoms with van der Waals surface area (Å²) in [5, 5.41) is 0. The van der Waals surface area contributed by atoms with Gasteiger partial charge >= 0.3 is 0 Å². The van der Waals surface area contributed by atoms with Crippen molar-refractivity contribution in [2.75, 3.05) is 19.5 Å². The molecular weight excluding hydrogens is 190 g/mol. The lowest BCUT2D eigenvalue weighted by atomic mass is 10.3. The minimum atomic E-state index is -3.04. The molecule has 1 N–H and O–H groups in total. The molecule has 1 heterocycles. The van der Waals surface area contributed by atoms with Gasteiger partial charge in [0.05, 0.1) is 12.9 Å². The number of nitrogens with one attached hydrogen (secondary N) is 1. The second-order valence-electron chi connectivity index (χ2n) is 3.16. The van der Waals surface area contributed by atoms with E-state index < -0.39 is 10.0 Å². The summed E-state index contributed by atoms with van der Waals surface area (Å²) in [5.74, 6) is 0. The summed E-state index contributed by atoms with van der Waals surface area (Å²) in [6.45, 7) is 5.42. The van der Waals surface area contributed by atoms with Crippen LogP contribution in [0.1, 0.15) is 26.7 Å². The van der Waals surface area contributed by atoms with E-state index in [1.807, 2.05) is 0 Å². The summed E-state index contributed by atoms with van der Waals surface area (Å²) in [5.41, 5.74) is 0. The standard InChI is InChI=1S/C5H11NO3S.C3H8/c1-10(7,8)6-5-2-3-9-4-5;1-3-2/h5-6H,2-4H2,1H3;3H2,1-2H3. The summed E-state index contributed by atoms with van der Waals surface area (Å²) < 4.78 is 28.7. The SMILES string of the molecule is CCC.CS(=O)(=O)NC1CCOC1. The normalized spacial score (nSPS) is 22.2. The van der Waals surface area contributed by atoms with Crippen molar-refractivity contribution >= 4 is 10.0 Å². The summed E-state index contributed by atoms with van der Waals surface area (Å²) in [6, 6.07) is -0.00463. The predicted octanol–water partition coefficient (Wildman–Crippen LogP) is 0.741. The second kappa shape index (κ2) is 6.34. The topological polar surface area (TPSA) is 55.4 Å². The molecule has 0 amide bonds. The average Bonchev–Trinajstić information content (AvgIpc) is 2.37. The maximum atomic E-state index is 10.6. The van der Waals surface area contributed by atoms with Crippen molar-refractivity contribution in [1.82, 2.24) is 4.72 Å². The Labute approximate surface area is 80.7 Å². The molecule has 1 aliphatic rings. The first-order valence-corrected chi connectivity index (χ1v) is 6.43. The van der Waals surface area contributed by atoms with Crippen LogP contribution in [0.2, 0.25) is 0 Å². The molecular formula is C8H19NO3S. The van der Waals surface area contributed by atoms with Gasteiger partial charge in [-0.1, -0.05) is 20.3 Å². The van der Waals surface area contributed by atoms with Crippen molar-refractivity contribution in [1.29, 1.82) is 0 Å². The largest absolute Gasteiger partial charge is 0.380 e. The molecule has 0 bridgehead atoms. The fourth-order valence-electron chi connectivity index (χ4n) is 0.930. The van der Waals surface area contributed by atoms with Crippen LogP contribution in [0, 0.1) is 0 Å². The highest BCUT2D eigenvalue weighted by molar-refractivity contribution is 7.88. The fraction of sp³-hybridized carbons (Fsp3) is 1.00. The van der Waals surface area contributed by atoms with Gasteiger partial charge in [-0.15, -0.1) is 0 Å². The van der Waals surface area contributed by atoms with Gasteiger partial charge in [-0.2, -0.15) is 0 Å². The van der Waals surface area contributed by atoms with Crippen LogP contribution < -0.4 is 4.72 Å². The monoisotopic (exact) mass is 209 g/mol. The fourth-order valence-corrected chi connectivity index (χ4v) is 1.72. The lowest BCUT2D eigenvalue weighted by Crippen LogP contribution is -2.33. The molecule has 0 aliphatic carbocycles. The molecule has 13 heavy (non-hydrogen) atoms. The third-order valence-electron chi connectivity index (χ3n) is 1.31. The van der Waals surface area contributed by atoms with E-state index in [2.05, 4.69) is 18.6 Å². The third kappa shape index (κ3) is 8.21. The first-order valence-electron chi connectivity index (χ1n) is 4.54. The highest BCUT2D eigenvalue weighted by atomic mass is 32.2. The van der Waals surface area contributed by atoms with Crippen LogP contribution in [-0.4, -0.2) is 33.9 Å². The van der Waals surface area contributed by atoms with Gasteiger partial charge in [-0.25, -0.2) is 13.1 Å². The second-order valence-corrected chi connectivity index (χ2v) is 4.94. The molecule has 0 spiro atoms. The molecule has 0 aromatic heterocycles. The van der Waals surface area contributed by atoms with E-state index in [0.29, 0.717) is 13.2 Å². The Kier molecular flexibility index (Phi) is 6.28. The minimum absolute atomic E-state index is 0.00463. The van der Waals surface area contributed by atoms with E-state index in [0.717, 1.165) is 12.7 Å². The maximum Gasteiger partial charge on any atom is 0.209 e. The quantitative estimate of drug-likeness (QED) is 0.730. The Morgan fingerprint density at radius 1 is 1.46 bits per heavy atom. The smallest absolute Gasteiger partial charge is 0.209 e. The van der Waals surface area contributed by atoms with Gasteiger partial charge in [0, 0.05) is 12.6 Å². The number of hydrogen-bond acceptors (Lipinski definition) is 3. The zero-order chi connectivity index (χ0) is 10.3. The van der Waals surface area contributed by atoms with Crippen LogP contribution in [0.25, 0.3) is 0 Å². The lowest BCUT2D eigenvalue weighted by molar-refractivity contribution is 0.192. The van der Waals surface area contributed by atoms with Crippen LogP contribution in [0.3, 0.4) is 0 Å². The van der Waals surface area contributed by atoms with E-state index in [1.165, 1.54) is 6.42 Å². The Balaban J connectivity index is 0.000000424. The molecule has 4 nitrogen and oxygen atoms in total. The van der Waals surface area contributed by atoms with Crippen molar-refractivity contribution in [2.45, 2.75) is 32.7 Å². The zero-order valence-electron chi connectivity index (χ0n) is 8.54.